The van der Waals surface area contributed by atoms with Gasteiger partial charge in [-0.1, -0.05) is 12.1 Å². The van der Waals surface area contributed by atoms with E-state index in [0.717, 1.165) is 24.5 Å². The standard InChI is InChI=1S/C14H22BN3O2/c1-14(2,3)20-13(19)18-9-7-17(8-10-18)12-6-4-5-11(15)16-12/h4-6H,7-10,15H2,1-3H3. The van der Waals surface area contributed by atoms with Crippen molar-refractivity contribution in [2.45, 2.75) is 26.4 Å². The van der Waals surface area contributed by atoms with Crippen LogP contribution in [0.5, 0.6) is 0 Å². The molecule has 20 heavy (non-hydrogen) atoms. The van der Waals surface area contributed by atoms with E-state index in [1.54, 1.807) is 4.90 Å². The molecule has 0 aliphatic carbocycles. The number of carbonyl (C=O) groups is 1. The maximum atomic E-state index is 12.0. The van der Waals surface area contributed by atoms with Gasteiger partial charge in [0.15, 0.2) is 7.85 Å². The van der Waals surface area contributed by atoms with E-state index < -0.39 is 5.60 Å². The summed E-state index contributed by atoms with van der Waals surface area (Å²) in [6.45, 7) is 8.58. The topological polar surface area (TPSA) is 45.7 Å². The molecule has 1 amide bonds. The van der Waals surface area contributed by atoms with Crippen molar-refractivity contribution < 1.29 is 9.53 Å². The first-order valence-electron chi connectivity index (χ1n) is 7.02. The maximum absolute atomic E-state index is 12.0. The Bertz CT molecular complexity index is 480. The fourth-order valence-corrected chi connectivity index (χ4v) is 2.15. The van der Waals surface area contributed by atoms with Crippen LogP contribution in [-0.2, 0) is 4.74 Å². The highest BCUT2D eigenvalue weighted by Gasteiger charge is 2.26. The number of carbonyl (C=O) groups excluding carboxylic acids is 1. The predicted octanol–water partition coefficient (Wildman–Crippen LogP) is 0.397. The Morgan fingerprint density at radius 3 is 2.45 bits per heavy atom. The number of anilines is 1. The fourth-order valence-electron chi connectivity index (χ4n) is 2.15. The normalized spacial score (nSPS) is 16.1. The van der Waals surface area contributed by atoms with E-state index in [2.05, 4.69) is 9.88 Å². The van der Waals surface area contributed by atoms with Crippen molar-refractivity contribution in [3.63, 3.8) is 0 Å². The molecule has 1 fully saturated rings. The molecule has 1 aromatic heterocycles. The van der Waals surface area contributed by atoms with E-state index in [9.17, 15) is 4.79 Å². The van der Waals surface area contributed by atoms with Crippen molar-refractivity contribution in [2.24, 2.45) is 0 Å². The minimum absolute atomic E-state index is 0.227. The average molecular weight is 275 g/mol. The molecule has 0 saturated carbocycles. The Morgan fingerprint density at radius 2 is 1.90 bits per heavy atom. The highest BCUT2D eigenvalue weighted by Crippen LogP contribution is 2.15. The molecule has 0 atom stereocenters. The molecule has 1 aliphatic rings. The summed E-state index contributed by atoms with van der Waals surface area (Å²) in [6, 6.07) is 6.01. The highest BCUT2D eigenvalue weighted by atomic mass is 16.6. The van der Waals surface area contributed by atoms with Gasteiger partial charge >= 0.3 is 6.09 Å². The number of ether oxygens (including phenoxy) is 1. The SMILES string of the molecule is Bc1cccc(N2CCN(C(=O)OC(C)(C)C)CC2)n1. The minimum Gasteiger partial charge on any atom is -0.444 e. The zero-order valence-corrected chi connectivity index (χ0v) is 12.7. The lowest BCUT2D eigenvalue weighted by Crippen LogP contribution is -2.50. The third-order valence-electron chi connectivity index (χ3n) is 3.13. The molecule has 0 spiro atoms. The van der Waals surface area contributed by atoms with Crippen LogP contribution in [0.4, 0.5) is 10.6 Å². The van der Waals surface area contributed by atoms with Crippen LogP contribution in [0.25, 0.3) is 0 Å². The van der Waals surface area contributed by atoms with Crippen molar-refractivity contribution in [3.05, 3.63) is 18.2 Å². The van der Waals surface area contributed by atoms with Crippen LogP contribution in [0.15, 0.2) is 18.2 Å². The molecule has 2 rings (SSSR count). The second-order valence-corrected chi connectivity index (χ2v) is 6.09. The molecule has 0 aromatic carbocycles. The smallest absolute Gasteiger partial charge is 0.410 e. The fraction of sp³-hybridized carbons (Fsp3) is 0.571. The first-order valence-corrected chi connectivity index (χ1v) is 7.02. The van der Waals surface area contributed by atoms with Crippen molar-refractivity contribution in [1.29, 1.82) is 0 Å². The van der Waals surface area contributed by atoms with Crippen LogP contribution in [0.1, 0.15) is 20.8 Å². The molecule has 2 heterocycles. The molecule has 1 saturated heterocycles. The van der Waals surface area contributed by atoms with Crippen molar-refractivity contribution in [1.82, 2.24) is 9.88 Å². The lowest BCUT2D eigenvalue weighted by molar-refractivity contribution is 0.0240. The van der Waals surface area contributed by atoms with E-state index >= 15 is 0 Å². The zero-order valence-electron chi connectivity index (χ0n) is 12.7. The number of pyridine rings is 1. The second-order valence-electron chi connectivity index (χ2n) is 6.09. The van der Waals surface area contributed by atoms with Crippen LogP contribution in [0, 0.1) is 0 Å². The van der Waals surface area contributed by atoms with Crippen LogP contribution in [0.3, 0.4) is 0 Å². The van der Waals surface area contributed by atoms with Gasteiger partial charge in [-0.05, 0) is 32.4 Å². The van der Waals surface area contributed by atoms with Crippen LogP contribution in [-0.4, -0.2) is 55.6 Å². The summed E-state index contributed by atoms with van der Waals surface area (Å²) in [7, 11) is 1.99. The van der Waals surface area contributed by atoms with E-state index in [4.69, 9.17) is 4.74 Å². The van der Waals surface area contributed by atoms with Gasteiger partial charge in [0, 0.05) is 26.2 Å². The van der Waals surface area contributed by atoms with Crippen LogP contribution < -0.4 is 10.5 Å². The van der Waals surface area contributed by atoms with E-state index in [1.165, 1.54) is 0 Å². The van der Waals surface area contributed by atoms with Gasteiger partial charge in [-0.25, -0.2) is 9.78 Å². The molecule has 0 N–H and O–H groups in total. The molecule has 6 heteroatoms. The maximum Gasteiger partial charge on any atom is 0.410 e. The van der Waals surface area contributed by atoms with Gasteiger partial charge in [0.25, 0.3) is 0 Å². The first-order chi connectivity index (χ1) is 9.35. The quantitative estimate of drug-likeness (QED) is 0.696. The van der Waals surface area contributed by atoms with Gasteiger partial charge in [-0.2, -0.15) is 0 Å². The Kier molecular flexibility index (Phi) is 4.21. The number of aromatic nitrogens is 1. The molecular weight excluding hydrogens is 253 g/mol. The summed E-state index contributed by atoms with van der Waals surface area (Å²) >= 11 is 0. The van der Waals surface area contributed by atoms with Gasteiger partial charge in [0.2, 0.25) is 0 Å². The molecular formula is C14H22BN3O2. The minimum atomic E-state index is -0.438. The number of nitrogens with zero attached hydrogens (tertiary/aromatic N) is 3. The summed E-state index contributed by atoms with van der Waals surface area (Å²) < 4.78 is 5.39. The van der Waals surface area contributed by atoms with Crippen molar-refractivity contribution in [2.75, 3.05) is 31.1 Å². The van der Waals surface area contributed by atoms with Crippen LogP contribution >= 0.6 is 0 Å². The third-order valence-corrected chi connectivity index (χ3v) is 3.13. The van der Waals surface area contributed by atoms with Crippen LogP contribution in [0.2, 0.25) is 0 Å². The van der Waals surface area contributed by atoms with E-state index in [0.29, 0.717) is 13.1 Å². The van der Waals surface area contributed by atoms with Gasteiger partial charge in [-0.15, -0.1) is 0 Å². The average Bonchev–Trinajstić information content (AvgIpc) is 2.37. The van der Waals surface area contributed by atoms with Crippen molar-refractivity contribution >= 4 is 25.4 Å². The Morgan fingerprint density at radius 1 is 1.25 bits per heavy atom. The number of amides is 1. The number of piperazine rings is 1. The van der Waals surface area contributed by atoms with E-state index in [-0.39, 0.29) is 6.09 Å². The van der Waals surface area contributed by atoms with Gasteiger partial charge in [-0.3, -0.25) is 0 Å². The summed E-state index contributed by atoms with van der Waals surface area (Å²) in [5.41, 5.74) is 0.573. The molecule has 0 bridgehead atoms. The van der Waals surface area contributed by atoms with Crippen molar-refractivity contribution in [3.8, 4) is 0 Å². The monoisotopic (exact) mass is 275 g/mol. The molecule has 108 valence electrons. The zero-order chi connectivity index (χ0) is 14.8. The Labute approximate surface area is 121 Å². The van der Waals surface area contributed by atoms with Gasteiger partial charge in [0.05, 0.1) is 0 Å². The summed E-state index contributed by atoms with van der Waals surface area (Å²) in [4.78, 5) is 20.5. The second kappa shape index (κ2) is 5.73. The predicted molar refractivity (Wildman–Crippen MR) is 82.4 cm³/mol. The molecule has 1 aliphatic heterocycles. The molecule has 0 unspecified atom stereocenters. The number of hydrogen-bond acceptors (Lipinski definition) is 4. The largest absolute Gasteiger partial charge is 0.444 e. The Hall–Kier alpha value is -1.72. The summed E-state index contributed by atoms with van der Waals surface area (Å²) in [6.07, 6.45) is -0.227. The molecule has 1 aromatic rings. The van der Waals surface area contributed by atoms with E-state index in [1.807, 2.05) is 46.8 Å². The first kappa shape index (κ1) is 14.7. The lowest BCUT2D eigenvalue weighted by atomic mass is 10.0. The Balaban J connectivity index is 1.91. The summed E-state index contributed by atoms with van der Waals surface area (Å²) in [5, 5.41) is 0. The molecule has 0 radical (unpaired) electrons. The van der Waals surface area contributed by atoms with Gasteiger partial charge in [0.1, 0.15) is 11.4 Å². The number of rotatable bonds is 1. The summed E-state index contributed by atoms with van der Waals surface area (Å²) in [5.74, 6) is 0.980. The van der Waals surface area contributed by atoms with Gasteiger partial charge < -0.3 is 14.5 Å². The highest BCUT2D eigenvalue weighted by molar-refractivity contribution is 6.30. The number of hydrogen-bond donors (Lipinski definition) is 0. The third kappa shape index (κ3) is 3.89. The molecule has 5 nitrogen and oxygen atoms in total. The lowest BCUT2D eigenvalue weighted by Gasteiger charge is -2.36.